The molecule has 0 saturated carbocycles. The second-order valence-electron chi connectivity index (χ2n) is 2.19. The molecule has 0 fully saturated rings. The van der Waals surface area contributed by atoms with E-state index in [4.69, 9.17) is 0 Å². The van der Waals surface area contributed by atoms with Gasteiger partial charge in [0.1, 0.15) is 0 Å². The number of hydrogen-bond acceptors (Lipinski definition) is 2. The normalized spacial score (nSPS) is 14.0. The van der Waals surface area contributed by atoms with Crippen molar-refractivity contribution in [3.8, 4) is 0 Å². The van der Waals surface area contributed by atoms with Gasteiger partial charge in [0.15, 0.2) is 0 Å². The molecule has 1 radical (unpaired) electrons. The van der Waals surface area contributed by atoms with Gasteiger partial charge < -0.3 is 5.32 Å². The van der Waals surface area contributed by atoms with E-state index in [1.165, 1.54) is 5.56 Å². The van der Waals surface area contributed by atoms with Crippen LogP contribution in [0.15, 0.2) is 18.3 Å². The van der Waals surface area contributed by atoms with E-state index in [9.17, 15) is 0 Å². The Labute approximate surface area is 59.6 Å². The molecular formula is C8H7N2. The van der Waals surface area contributed by atoms with Crippen molar-refractivity contribution < 1.29 is 0 Å². The predicted molar refractivity (Wildman–Crippen MR) is 38.9 cm³/mol. The number of hydrogen-bond donors (Lipinski definition) is 1. The lowest BCUT2D eigenvalue weighted by Gasteiger charge is -2.08. The van der Waals surface area contributed by atoms with Crippen LogP contribution in [0.4, 0.5) is 0 Å². The zero-order valence-corrected chi connectivity index (χ0v) is 5.46. The van der Waals surface area contributed by atoms with Gasteiger partial charge in [0.05, 0.1) is 18.4 Å². The van der Waals surface area contributed by atoms with Gasteiger partial charge in [-0.2, -0.15) is 0 Å². The number of nitrogens with zero attached hydrogens (tertiary/aromatic N) is 1. The van der Waals surface area contributed by atoms with Crippen LogP contribution < -0.4 is 5.32 Å². The highest BCUT2D eigenvalue weighted by molar-refractivity contribution is 5.52. The van der Waals surface area contributed by atoms with Crippen molar-refractivity contribution in [2.24, 2.45) is 0 Å². The first kappa shape index (κ1) is 5.47. The van der Waals surface area contributed by atoms with E-state index >= 15 is 0 Å². The number of rotatable bonds is 0. The molecule has 1 aliphatic rings. The van der Waals surface area contributed by atoms with Gasteiger partial charge in [-0.3, -0.25) is 0 Å². The van der Waals surface area contributed by atoms with Crippen LogP contribution in [0, 0.1) is 6.20 Å². The molecule has 1 aromatic rings. The summed E-state index contributed by atoms with van der Waals surface area (Å²) in [4.78, 5) is 4.08. The topological polar surface area (TPSA) is 24.9 Å². The molecule has 0 aliphatic carbocycles. The third-order valence-electron chi connectivity index (χ3n) is 1.52. The molecule has 10 heavy (non-hydrogen) atoms. The predicted octanol–water partition coefficient (Wildman–Crippen LogP) is 0.956. The molecular weight excluding hydrogens is 124 g/mol. The second-order valence-corrected chi connectivity index (χ2v) is 2.19. The minimum absolute atomic E-state index is 0.823. The maximum absolute atomic E-state index is 4.08. The summed E-state index contributed by atoms with van der Waals surface area (Å²) in [6, 6.07) is 3.84. The summed E-state index contributed by atoms with van der Waals surface area (Å²) in [5.74, 6) is 0. The Kier molecular flexibility index (Phi) is 1.17. The SMILES string of the molecule is [c]1ccc2c(n1)CNC=C2. The van der Waals surface area contributed by atoms with Crippen LogP contribution in [-0.4, -0.2) is 4.98 Å². The first-order valence-corrected chi connectivity index (χ1v) is 3.23. The van der Waals surface area contributed by atoms with Gasteiger partial charge in [-0.05, 0) is 23.9 Å². The van der Waals surface area contributed by atoms with Gasteiger partial charge in [-0.15, -0.1) is 0 Å². The molecule has 0 amide bonds. The van der Waals surface area contributed by atoms with Gasteiger partial charge >= 0.3 is 0 Å². The average molecular weight is 131 g/mol. The number of pyridine rings is 1. The Morgan fingerprint density at radius 2 is 2.60 bits per heavy atom. The summed E-state index contributed by atoms with van der Waals surface area (Å²) in [5.41, 5.74) is 2.27. The molecule has 2 nitrogen and oxygen atoms in total. The van der Waals surface area contributed by atoms with Crippen molar-refractivity contribution >= 4 is 6.08 Å². The Hall–Kier alpha value is -1.31. The molecule has 0 bridgehead atoms. The maximum atomic E-state index is 4.08. The van der Waals surface area contributed by atoms with Crippen molar-refractivity contribution in [2.75, 3.05) is 0 Å². The number of nitrogens with one attached hydrogen (secondary N) is 1. The van der Waals surface area contributed by atoms with E-state index in [-0.39, 0.29) is 0 Å². The third-order valence-corrected chi connectivity index (χ3v) is 1.52. The number of aromatic nitrogens is 1. The summed E-state index contributed by atoms with van der Waals surface area (Å²) in [7, 11) is 0. The van der Waals surface area contributed by atoms with Crippen LogP contribution in [0.3, 0.4) is 0 Å². The lowest BCUT2D eigenvalue weighted by molar-refractivity contribution is 0.822. The Bertz CT molecular complexity index is 266. The largest absolute Gasteiger partial charge is 0.385 e. The summed E-state index contributed by atoms with van der Waals surface area (Å²) in [5, 5.41) is 3.08. The minimum Gasteiger partial charge on any atom is -0.385 e. The molecule has 0 spiro atoms. The summed E-state index contributed by atoms with van der Waals surface area (Å²) in [6.07, 6.45) is 6.74. The van der Waals surface area contributed by atoms with E-state index in [0.717, 1.165) is 12.2 Å². The lowest BCUT2D eigenvalue weighted by atomic mass is 10.1. The van der Waals surface area contributed by atoms with Crippen molar-refractivity contribution in [3.05, 3.63) is 35.8 Å². The fraction of sp³-hybridized carbons (Fsp3) is 0.125. The van der Waals surface area contributed by atoms with Crippen molar-refractivity contribution in [2.45, 2.75) is 6.54 Å². The molecule has 0 aromatic carbocycles. The fourth-order valence-electron chi connectivity index (χ4n) is 1.00. The van der Waals surface area contributed by atoms with Crippen molar-refractivity contribution in [1.82, 2.24) is 10.3 Å². The smallest absolute Gasteiger partial charge is 0.0890 e. The molecule has 0 atom stereocenters. The quantitative estimate of drug-likeness (QED) is 0.567. The first-order chi connectivity index (χ1) is 4.97. The van der Waals surface area contributed by atoms with Gasteiger partial charge in [0, 0.05) is 0 Å². The molecule has 1 aromatic heterocycles. The standard InChI is InChI=1S/C8H7N2/c1-2-7-3-5-9-6-8(7)10-4-1/h1-3,5,9H,6H2. The van der Waals surface area contributed by atoms with Gasteiger partial charge in [-0.25, -0.2) is 4.98 Å². The Morgan fingerprint density at radius 1 is 1.60 bits per heavy atom. The molecule has 49 valence electrons. The van der Waals surface area contributed by atoms with Crippen LogP contribution >= 0.6 is 0 Å². The summed E-state index contributed by atoms with van der Waals surface area (Å²) in [6.45, 7) is 0.823. The van der Waals surface area contributed by atoms with E-state index in [1.54, 1.807) is 0 Å². The van der Waals surface area contributed by atoms with E-state index in [2.05, 4.69) is 16.5 Å². The second kappa shape index (κ2) is 2.14. The summed E-state index contributed by atoms with van der Waals surface area (Å²) >= 11 is 0. The van der Waals surface area contributed by atoms with Crippen LogP contribution in [0.2, 0.25) is 0 Å². The zero-order chi connectivity index (χ0) is 6.81. The monoisotopic (exact) mass is 131 g/mol. The zero-order valence-electron chi connectivity index (χ0n) is 5.46. The highest BCUT2D eigenvalue weighted by Crippen LogP contribution is 2.09. The summed E-state index contributed by atoms with van der Waals surface area (Å²) < 4.78 is 0. The Morgan fingerprint density at radius 3 is 3.50 bits per heavy atom. The van der Waals surface area contributed by atoms with Crippen LogP contribution in [0.5, 0.6) is 0 Å². The van der Waals surface area contributed by atoms with Crippen LogP contribution in [0.25, 0.3) is 6.08 Å². The number of fused-ring (bicyclic) bond motifs is 1. The maximum Gasteiger partial charge on any atom is 0.0890 e. The van der Waals surface area contributed by atoms with Crippen LogP contribution in [-0.2, 0) is 6.54 Å². The fourth-order valence-corrected chi connectivity index (χ4v) is 1.00. The van der Waals surface area contributed by atoms with Gasteiger partial charge in [-0.1, -0.05) is 6.07 Å². The van der Waals surface area contributed by atoms with Crippen LogP contribution in [0.1, 0.15) is 11.3 Å². The molecule has 2 rings (SSSR count). The van der Waals surface area contributed by atoms with Crippen molar-refractivity contribution in [3.63, 3.8) is 0 Å². The molecule has 0 unspecified atom stereocenters. The third kappa shape index (κ3) is 0.778. The lowest BCUT2D eigenvalue weighted by Crippen LogP contribution is -2.11. The molecule has 2 heteroatoms. The Balaban J connectivity index is 2.54. The molecule has 1 aliphatic heterocycles. The van der Waals surface area contributed by atoms with E-state index in [1.807, 2.05) is 24.4 Å². The van der Waals surface area contributed by atoms with Gasteiger partial charge in [0.25, 0.3) is 0 Å². The van der Waals surface area contributed by atoms with Crippen molar-refractivity contribution in [1.29, 1.82) is 0 Å². The first-order valence-electron chi connectivity index (χ1n) is 3.23. The average Bonchev–Trinajstić information content (AvgIpc) is 2.05. The van der Waals surface area contributed by atoms with E-state index in [0.29, 0.717) is 0 Å². The molecule has 1 N–H and O–H groups in total. The minimum atomic E-state index is 0.823. The van der Waals surface area contributed by atoms with E-state index < -0.39 is 0 Å². The molecule has 0 saturated heterocycles. The highest BCUT2D eigenvalue weighted by atomic mass is 14.9. The van der Waals surface area contributed by atoms with Gasteiger partial charge in [0.2, 0.25) is 0 Å². The highest BCUT2D eigenvalue weighted by Gasteiger charge is 2.01. The molecule has 2 heterocycles.